The molecular weight excluding hydrogens is 252 g/mol. The summed E-state index contributed by atoms with van der Waals surface area (Å²) in [6.07, 6.45) is 0. The van der Waals surface area contributed by atoms with Crippen molar-refractivity contribution < 1.29 is 4.79 Å². The van der Waals surface area contributed by atoms with Gasteiger partial charge in [-0.1, -0.05) is 17.7 Å². The van der Waals surface area contributed by atoms with Gasteiger partial charge in [-0.3, -0.25) is 4.79 Å². The van der Waals surface area contributed by atoms with Crippen LogP contribution in [-0.2, 0) is 0 Å². The number of nitrogens with two attached hydrogens (primary N) is 1. The van der Waals surface area contributed by atoms with Gasteiger partial charge in [-0.25, -0.2) is 4.98 Å². The molecule has 1 heterocycles. The number of hydrogen-bond donors (Lipinski definition) is 3. The predicted molar refractivity (Wildman–Crippen MR) is 79.6 cm³/mol. The topological polar surface area (TPSA) is 83.8 Å². The number of aryl methyl sites for hydroxylation is 1. The average Bonchev–Trinajstić information content (AvgIpc) is 2.78. The quantitative estimate of drug-likeness (QED) is 0.666. The molecule has 0 spiro atoms. The molecule has 0 saturated carbocycles. The van der Waals surface area contributed by atoms with E-state index in [0.29, 0.717) is 17.2 Å². The van der Waals surface area contributed by atoms with E-state index in [1.165, 1.54) is 0 Å². The second-order valence-electron chi connectivity index (χ2n) is 4.67. The van der Waals surface area contributed by atoms with Gasteiger partial charge >= 0.3 is 0 Å². The molecule has 0 fully saturated rings. The van der Waals surface area contributed by atoms with Crippen molar-refractivity contribution in [3.8, 4) is 0 Å². The van der Waals surface area contributed by atoms with Gasteiger partial charge in [-0.2, -0.15) is 0 Å². The van der Waals surface area contributed by atoms with Crippen molar-refractivity contribution in [3.05, 3.63) is 53.6 Å². The number of nitrogens with one attached hydrogen (secondary N) is 2. The highest BCUT2D eigenvalue weighted by molar-refractivity contribution is 6.05. The number of nitrogens with zero attached hydrogens (tertiary/aromatic N) is 1. The molecule has 0 aliphatic heterocycles. The SMILES string of the molecule is Cc1ccc(C(=O)Nc2ccc3nc(N)[nH]c3c2)cc1. The Hall–Kier alpha value is -2.82. The molecular formula is C15H14N4O. The van der Waals surface area contributed by atoms with E-state index in [2.05, 4.69) is 15.3 Å². The van der Waals surface area contributed by atoms with Crippen molar-refractivity contribution in [1.82, 2.24) is 9.97 Å². The molecule has 0 unspecified atom stereocenters. The Bertz CT molecular complexity index is 774. The third kappa shape index (κ3) is 2.33. The molecule has 1 amide bonds. The summed E-state index contributed by atoms with van der Waals surface area (Å²) in [5.74, 6) is 0.221. The van der Waals surface area contributed by atoms with Gasteiger partial charge < -0.3 is 16.0 Å². The first-order valence-electron chi connectivity index (χ1n) is 6.25. The lowest BCUT2D eigenvalue weighted by Crippen LogP contribution is -2.11. The van der Waals surface area contributed by atoms with E-state index in [1.807, 2.05) is 31.2 Å². The lowest BCUT2D eigenvalue weighted by Gasteiger charge is -2.05. The summed E-state index contributed by atoms with van der Waals surface area (Å²) >= 11 is 0. The fourth-order valence-corrected chi connectivity index (χ4v) is 2.02. The van der Waals surface area contributed by atoms with Crippen molar-refractivity contribution in [2.45, 2.75) is 6.92 Å². The van der Waals surface area contributed by atoms with Crippen molar-refractivity contribution in [2.75, 3.05) is 11.1 Å². The average molecular weight is 266 g/mol. The number of imidazole rings is 1. The third-order valence-corrected chi connectivity index (χ3v) is 3.07. The molecule has 100 valence electrons. The summed E-state index contributed by atoms with van der Waals surface area (Å²) < 4.78 is 0. The lowest BCUT2D eigenvalue weighted by molar-refractivity contribution is 0.102. The highest BCUT2D eigenvalue weighted by atomic mass is 16.1. The summed E-state index contributed by atoms with van der Waals surface area (Å²) in [6, 6.07) is 12.8. The molecule has 5 nitrogen and oxygen atoms in total. The number of aromatic amines is 1. The minimum Gasteiger partial charge on any atom is -0.369 e. The van der Waals surface area contributed by atoms with Gasteiger partial charge in [0.1, 0.15) is 0 Å². The molecule has 0 saturated heterocycles. The maximum absolute atomic E-state index is 12.1. The number of benzene rings is 2. The van der Waals surface area contributed by atoms with E-state index in [4.69, 9.17) is 5.73 Å². The molecule has 4 N–H and O–H groups in total. The number of carbonyl (C=O) groups excluding carboxylic acids is 1. The fourth-order valence-electron chi connectivity index (χ4n) is 2.02. The highest BCUT2D eigenvalue weighted by Gasteiger charge is 2.07. The van der Waals surface area contributed by atoms with E-state index in [0.717, 1.165) is 16.6 Å². The smallest absolute Gasteiger partial charge is 0.255 e. The van der Waals surface area contributed by atoms with Crippen molar-refractivity contribution in [1.29, 1.82) is 0 Å². The number of aromatic nitrogens is 2. The van der Waals surface area contributed by atoms with Crippen LogP contribution in [0, 0.1) is 6.92 Å². The van der Waals surface area contributed by atoms with E-state index < -0.39 is 0 Å². The zero-order valence-corrected chi connectivity index (χ0v) is 11.0. The van der Waals surface area contributed by atoms with Crippen LogP contribution in [-0.4, -0.2) is 15.9 Å². The normalized spacial score (nSPS) is 10.7. The van der Waals surface area contributed by atoms with Crippen LogP contribution < -0.4 is 11.1 Å². The zero-order chi connectivity index (χ0) is 14.1. The van der Waals surface area contributed by atoms with E-state index in [1.54, 1.807) is 18.2 Å². The van der Waals surface area contributed by atoms with Gasteiger partial charge in [0.2, 0.25) is 0 Å². The number of fused-ring (bicyclic) bond motifs is 1. The van der Waals surface area contributed by atoms with Gasteiger partial charge in [0.25, 0.3) is 5.91 Å². The molecule has 3 rings (SSSR count). The summed E-state index contributed by atoms with van der Waals surface area (Å²) in [5.41, 5.74) is 9.61. The maximum Gasteiger partial charge on any atom is 0.255 e. The molecule has 20 heavy (non-hydrogen) atoms. The van der Waals surface area contributed by atoms with Gasteiger partial charge in [-0.15, -0.1) is 0 Å². The Balaban J connectivity index is 1.84. The lowest BCUT2D eigenvalue weighted by atomic mass is 10.1. The maximum atomic E-state index is 12.1. The second-order valence-corrected chi connectivity index (χ2v) is 4.67. The van der Waals surface area contributed by atoms with Crippen molar-refractivity contribution in [2.24, 2.45) is 0 Å². The number of carbonyl (C=O) groups is 1. The minimum atomic E-state index is -0.142. The molecule has 1 aromatic heterocycles. The van der Waals surface area contributed by atoms with Crippen LogP contribution in [0.2, 0.25) is 0 Å². The van der Waals surface area contributed by atoms with Gasteiger partial charge in [0.05, 0.1) is 11.0 Å². The number of H-pyrrole nitrogens is 1. The highest BCUT2D eigenvalue weighted by Crippen LogP contribution is 2.18. The Morgan fingerprint density at radius 1 is 1.20 bits per heavy atom. The summed E-state index contributed by atoms with van der Waals surface area (Å²) in [4.78, 5) is 19.2. The fraction of sp³-hybridized carbons (Fsp3) is 0.0667. The third-order valence-electron chi connectivity index (χ3n) is 3.07. The number of nitrogen functional groups attached to an aromatic ring is 1. The van der Waals surface area contributed by atoms with Crippen LogP contribution in [0.15, 0.2) is 42.5 Å². The molecule has 0 atom stereocenters. The summed E-state index contributed by atoms with van der Waals surface area (Å²) in [5, 5.41) is 2.85. The van der Waals surface area contributed by atoms with Crippen LogP contribution in [0.1, 0.15) is 15.9 Å². The zero-order valence-electron chi connectivity index (χ0n) is 11.0. The second kappa shape index (κ2) is 4.70. The van der Waals surface area contributed by atoms with Gasteiger partial charge in [0.15, 0.2) is 5.95 Å². The first-order valence-corrected chi connectivity index (χ1v) is 6.25. The molecule has 0 aliphatic rings. The molecule has 0 bridgehead atoms. The molecule has 5 heteroatoms. The number of anilines is 2. The van der Waals surface area contributed by atoms with Crippen LogP contribution in [0.25, 0.3) is 11.0 Å². The first-order chi connectivity index (χ1) is 9.61. The van der Waals surface area contributed by atoms with Crippen LogP contribution >= 0.6 is 0 Å². The Morgan fingerprint density at radius 3 is 2.70 bits per heavy atom. The van der Waals surface area contributed by atoms with E-state index >= 15 is 0 Å². The summed E-state index contributed by atoms with van der Waals surface area (Å²) in [6.45, 7) is 1.98. The van der Waals surface area contributed by atoms with Crippen molar-refractivity contribution in [3.63, 3.8) is 0 Å². The molecule has 3 aromatic rings. The summed E-state index contributed by atoms with van der Waals surface area (Å²) in [7, 11) is 0. The number of amides is 1. The van der Waals surface area contributed by atoms with Crippen LogP contribution in [0.3, 0.4) is 0 Å². The van der Waals surface area contributed by atoms with Crippen LogP contribution in [0.4, 0.5) is 11.6 Å². The Kier molecular flexibility index (Phi) is 2.87. The Labute approximate surface area is 115 Å². The monoisotopic (exact) mass is 266 g/mol. The molecule has 0 radical (unpaired) electrons. The van der Waals surface area contributed by atoms with E-state index in [-0.39, 0.29) is 5.91 Å². The largest absolute Gasteiger partial charge is 0.369 e. The standard InChI is InChI=1S/C15H14N4O/c1-9-2-4-10(5-3-9)14(20)17-11-6-7-12-13(8-11)19-15(16)18-12/h2-8H,1H3,(H,17,20)(H3,16,18,19). The first kappa shape index (κ1) is 12.2. The predicted octanol–water partition coefficient (Wildman–Crippen LogP) is 2.71. The van der Waals surface area contributed by atoms with Crippen molar-refractivity contribution >= 4 is 28.6 Å². The molecule has 0 aliphatic carbocycles. The minimum absolute atomic E-state index is 0.142. The van der Waals surface area contributed by atoms with Gasteiger partial charge in [-0.05, 0) is 37.3 Å². The van der Waals surface area contributed by atoms with Gasteiger partial charge in [0, 0.05) is 11.3 Å². The van der Waals surface area contributed by atoms with E-state index in [9.17, 15) is 4.79 Å². The Morgan fingerprint density at radius 2 is 1.95 bits per heavy atom. The van der Waals surface area contributed by atoms with Crippen LogP contribution in [0.5, 0.6) is 0 Å². The number of rotatable bonds is 2. The molecule has 2 aromatic carbocycles. The number of hydrogen-bond acceptors (Lipinski definition) is 3.